The van der Waals surface area contributed by atoms with Gasteiger partial charge < -0.3 is 24.3 Å². The summed E-state index contributed by atoms with van der Waals surface area (Å²) in [6.07, 6.45) is 5.66. The van der Waals surface area contributed by atoms with E-state index in [1.807, 2.05) is 12.1 Å². The summed E-state index contributed by atoms with van der Waals surface area (Å²) in [5, 5.41) is 13.1. The van der Waals surface area contributed by atoms with E-state index in [-0.39, 0.29) is 39.5 Å². The number of aromatic nitrogens is 1. The van der Waals surface area contributed by atoms with Crippen LogP contribution < -0.4 is 5.32 Å². The lowest BCUT2D eigenvalue weighted by atomic mass is 9.96. The number of nitrogens with one attached hydrogen (secondary N) is 1. The summed E-state index contributed by atoms with van der Waals surface area (Å²) in [4.78, 5) is 39.9. The molecule has 0 spiro atoms. The maximum atomic E-state index is 13.2. The molecule has 0 bridgehead atoms. The molecule has 5 rings (SSSR count). The van der Waals surface area contributed by atoms with Crippen LogP contribution in [0.4, 0.5) is 0 Å². The minimum Gasteiger partial charge on any atom is -0.480 e. The Hall–Kier alpha value is -3.80. The van der Waals surface area contributed by atoms with Crippen LogP contribution in [-0.4, -0.2) is 59.6 Å². The number of sulfone groups is 1. The summed E-state index contributed by atoms with van der Waals surface area (Å²) in [5.74, 6) is -2.30. The zero-order chi connectivity index (χ0) is 28.8. The van der Waals surface area contributed by atoms with Gasteiger partial charge in [-0.2, -0.15) is 0 Å². The zero-order valence-corrected chi connectivity index (χ0v) is 23.4. The van der Waals surface area contributed by atoms with Crippen molar-refractivity contribution in [3.8, 4) is 0 Å². The summed E-state index contributed by atoms with van der Waals surface area (Å²) in [7, 11) is -3.48. The van der Waals surface area contributed by atoms with Gasteiger partial charge in [-0.1, -0.05) is 29.3 Å². The molecular formula is C27H23Cl2N3O7S. The number of rotatable bonds is 7. The average Bonchev–Trinajstić information content (AvgIpc) is 3.56. The third-order valence-electron chi connectivity index (χ3n) is 6.77. The molecule has 2 aromatic carbocycles. The predicted molar refractivity (Wildman–Crippen MR) is 148 cm³/mol. The van der Waals surface area contributed by atoms with Gasteiger partial charge in [0.15, 0.2) is 9.84 Å². The average molecular weight is 604 g/mol. The van der Waals surface area contributed by atoms with Gasteiger partial charge in [-0.25, -0.2) is 13.2 Å². The molecule has 4 aromatic rings. The van der Waals surface area contributed by atoms with Crippen LogP contribution in [-0.2, 0) is 34.1 Å². The molecule has 1 aliphatic heterocycles. The van der Waals surface area contributed by atoms with Gasteiger partial charge >= 0.3 is 5.97 Å². The molecule has 0 saturated heterocycles. The molecular weight excluding hydrogens is 581 g/mol. The van der Waals surface area contributed by atoms with Crippen LogP contribution in [0.2, 0.25) is 10.0 Å². The monoisotopic (exact) mass is 603 g/mol. The molecule has 2 amide bonds. The maximum Gasteiger partial charge on any atom is 0.328 e. The Labute approximate surface area is 239 Å². The van der Waals surface area contributed by atoms with Crippen molar-refractivity contribution < 1.29 is 32.3 Å². The number of carbonyl (C=O) groups excluding carboxylic acids is 2. The van der Waals surface area contributed by atoms with Crippen molar-refractivity contribution in [2.24, 2.45) is 0 Å². The second kappa shape index (κ2) is 10.6. The molecule has 1 aliphatic rings. The lowest BCUT2D eigenvalue weighted by Gasteiger charge is -2.30. The number of nitrogens with zero attached hydrogens (tertiary/aromatic N) is 2. The van der Waals surface area contributed by atoms with E-state index in [4.69, 9.17) is 27.6 Å². The summed E-state index contributed by atoms with van der Waals surface area (Å²) < 4.78 is 30.2. The van der Waals surface area contributed by atoms with Gasteiger partial charge in [0, 0.05) is 42.7 Å². The molecule has 10 nitrogen and oxygen atoms in total. The number of aliphatic carboxylic acids is 1. The Bertz CT molecular complexity index is 1780. The first-order chi connectivity index (χ1) is 18.9. The highest BCUT2D eigenvalue weighted by molar-refractivity contribution is 7.90. The van der Waals surface area contributed by atoms with Crippen molar-refractivity contribution in [1.29, 1.82) is 0 Å². The molecule has 0 aliphatic carbocycles. The van der Waals surface area contributed by atoms with Gasteiger partial charge in [0.05, 0.1) is 33.3 Å². The highest BCUT2D eigenvalue weighted by Gasteiger charge is 2.30. The summed E-state index contributed by atoms with van der Waals surface area (Å²) in [6, 6.07) is 8.56. The Morgan fingerprint density at radius 3 is 2.62 bits per heavy atom. The second-order valence-corrected chi connectivity index (χ2v) is 12.3. The largest absolute Gasteiger partial charge is 0.480 e. The van der Waals surface area contributed by atoms with E-state index in [0.717, 1.165) is 11.6 Å². The number of hydrogen-bond donors (Lipinski definition) is 2. The normalized spacial score (nSPS) is 14.1. The van der Waals surface area contributed by atoms with E-state index in [1.165, 1.54) is 23.0 Å². The molecule has 1 atom stereocenters. The van der Waals surface area contributed by atoms with Crippen LogP contribution in [0.1, 0.15) is 31.8 Å². The van der Waals surface area contributed by atoms with Crippen LogP contribution in [0.15, 0.2) is 64.4 Å². The first-order valence-electron chi connectivity index (χ1n) is 12.1. The zero-order valence-electron chi connectivity index (χ0n) is 21.1. The van der Waals surface area contributed by atoms with Crippen molar-refractivity contribution in [1.82, 2.24) is 14.8 Å². The smallest absolute Gasteiger partial charge is 0.328 e. The van der Waals surface area contributed by atoms with Crippen LogP contribution in [0.5, 0.6) is 0 Å². The topological polar surface area (TPSA) is 139 Å². The van der Waals surface area contributed by atoms with Gasteiger partial charge in [0.2, 0.25) is 0 Å². The van der Waals surface area contributed by atoms with E-state index in [9.17, 15) is 27.9 Å². The van der Waals surface area contributed by atoms with Crippen molar-refractivity contribution in [2.45, 2.75) is 30.4 Å². The predicted octanol–water partition coefficient (Wildman–Crippen LogP) is 4.03. The van der Waals surface area contributed by atoms with Crippen molar-refractivity contribution in [3.63, 3.8) is 0 Å². The molecule has 40 heavy (non-hydrogen) atoms. The lowest BCUT2D eigenvalue weighted by molar-refractivity contribution is -0.139. The quantitative estimate of drug-likeness (QED) is 0.325. The Morgan fingerprint density at radius 1 is 1.15 bits per heavy atom. The molecule has 0 radical (unpaired) electrons. The van der Waals surface area contributed by atoms with Crippen LogP contribution in [0, 0.1) is 0 Å². The number of fused-ring (bicyclic) bond motifs is 2. The van der Waals surface area contributed by atoms with Gasteiger partial charge in [0.25, 0.3) is 11.8 Å². The van der Waals surface area contributed by atoms with Crippen molar-refractivity contribution in [2.75, 3.05) is 12.8 Å². The van der Waals surface area contributed by atoms with Crippen LogP contribution in [0.3, 0.4) is 0 Å². The fraction of sp³-hybridized carbons (Fsp3) is 0.222. The third-order valence-corrected chi connectivity index (χ3v) is 8.58. The Kier molecular flexibility index (Phi) is 7.38. The second-order valence-electron chi connectivity index (χ2n) is 9.52. The number of benzene rings is 2. The highest BCUT2D eigenvalue weighted by Crippen LogP contribution is 2.35. The van der Waals surface area contributed by atoms with Crippen LogP contribution in [0.25, 0.3) is 11.0 Å². The number of carbonyl (C=O) groups is 3. The van der Waals surface area contributed by atoms with Crippen molar-refractivity contribution >= 4 is 61.8 Å². The number of halogens is 2. The molecule has 13 heteroatoms. The maximum absolute atomic E-state index is 13.2. The standard InChI is InChI=1S/C27H23Cl2N3O7S/c1-40(37,38)18-4-7-31(13-18)14-21(27(35)36)30-25(33)23-20(28)10-17-12-32(8-5-19(17)24(23)29)26(34)16-3-2-15-6-9-39-22(15)11-16/h2-4,6-7,9-11,13,21H,5,8,12,14H2,1H3,(H,30,33)(H,35,36)/t21-/m0/s1. The van der Waals surface area contributed by atoms with E-state index >= 15 is 0 Å². The molecule has 2 N–H and O–H groups in total. The minimum atomic E-state index is -3.48. The summed E-state index contributed by atoms with van der Waals surface area (Å²) >= 11 is 13.1. The van der Waals surface area contributed by atoms with Crippen LogP contribution >= 0.6 is 23.2 Å². The molecule has 2 aromatic heterocycles. The highest BCUT2D eigenvalue weighted by atomic mass is 35.5. The van der Waals surface area contributed by atoms with E-state index in [1.54, 1.807) is 29.4 Å². The molecule has 0 saturated carbocycles. The van der Waals surface area contributed by atoms with E-state index < -0.39 is 27.8 Å². The SMILES string of the molecule is CS(=O)(=O)c1ccn(C[C@H](NC(=O)c2c(Cl)cc3c(c2Cl)CCN(C(=O)c2ccc4ccoc4c2)C3)C(=O)O)c1. The van der Waals surface area contributed by atoms with Gasteiger partial charge in [-0.3, -0.25) is 9.59 Å². The fourth-order valence-electron chi connectivity index (χ4n) is 4.68. The first-order valence-corrected chi connectivity index (χ1v) is 14.7. The molecule has 0 fully saturated rings. The summed E-state index contributed by atoms with van der Waals surface area (Å²) in [6.45, 7) is 0.343. The van der Waals surface area contributed by atoms with Gasteiger partial charge in [-0.05, 0) is 47.9 Å². The Balaban J connectivity index is 1.34. The lowest BCUT2D eigenvalue weighted by Crippen LogP contribution is -2.44. The number of carboxylic acids is 1. The van der Waals surface area contributed by atoms with Gasteiger partial charge in [0.1, 0.15) is 11.6 Å². The third kappa shape index (κ3) is 5.45. The number of amides is 2. The molecule has 0 unspecified atom stereocenters. The number of furan rings is 1. The molecule has 208 valence electrons. The minimum absolute atomic E-state index is 0.0111. The summed E-state index contributed by atoms with van der Waals surface area (Å²) in [5.41, 5.74) is 2.35. The fourth-order valence-corrected chi connectivity index (χ4v) is 6.08. The van der Waals surface area contributed by atoms with E-state index in [2.05, 4.69) is 5.32 Å². The van der Waals surface area contributed by atoms with E-state index in [0.29, 0.717) is 35.2 Å². The first kappa shape index (κ1) is 27.8. The molecule has 3 heterocycles. The van der Waals surface area contributed by atoms with Crippen molar-refractivity contribution in [3.05, 3.63) is 87.4 Å². The number of carboxylic acid groups (broad SMARTS) is 1. The Morgan fingerprint density at radius 2 is 1.93 bits per heavy atom. The van der Waals surface area contributed by atoms with Gasteiger partial charge in [-0.15, -0.1) is 0 Å². The number of hydrogen-bond acceptors (Lipinski definition) is 6.